The van der Waals surface area contributed by atoms with Crippen LogP contribution in [0.3, 0.4) is 0 Å². The van der Waals surface area contributed by atoms with Crippen molar-refractivity contribution >= 4 is 17.5 Å². The zero-order valence-corrected chi connectivity index (χ0v) is 14.5. The van der Waals surface area contributed by atoms with Crippen molar-refractivity contribution in [3.8, 4) is 0 Å². The number of benzene rings is 1. The van der Waals surface area contributed by atoms with E-state index in [1.807, 2.05) is 31.2 Å². The average Bonchev–Trinajstić information content (AvgIpc) is 2.64. The Morgan fingerprint density at radius 3 is 2.83 bits per heavy atom. The maximum absolute atomic E-state index is 12.5. The molecule has 2 heterocycles. The number of nitrogens with zero attached hydrogens (tertiary/aromatic N) is 1. The Bertz CT molecular complexity index is 520. The van der Waals surface area contributed by atoms with Gasteiger partial charge < -0.3 is 10.6 Å². The van der Waals surface area contributed by atoms with Crippen LogP contribution in [0.1, 0.15) is 44.2 Å². The predicted octanol–water partition coefficient (Wildman–Crippen LogP) is 2.73. The molecule has 23 heavy (non-hydrogen) atoms. The van der Waals surface area contributed by atoms with Gasteiger partial charge >= 0.3 is 0 Å². The number of hydrogen-bond acceptors (Lipinski definition) is 3. The number of piperidine rings is 1. The molecular formula is C18H26ClN3O. The van der Waals surface area contributed by atoms with Crippen molar-refractivity contribution in [2.45, 2.75) is 50.7 Å². The smallest absolute Gasteiger partial charge is 0.234 e. The quantitative estimate of drug-likeness (QED) is 0.889. The summed E-state index contributed by atoms with van der Waals surface area (Å²) in [6.45, 7) is 4.61. The lowest BCUT2D eigenvalue weighted by Gasteiger charge is -2.40. The zero-order valence-electron chi connectivity index (χ0n) is 13.7. The van der Waals surface area contributed by atoms with Crippen LogP contribution in [0.2, 0.25) is 5.02 Å². The topological polar surface area (TPSA) is 44.4 Å². The summed E-state index contributed by atoms with van der Waals surface area (Å²) in [5.74, 6) is 0.117. The number of carbonyl (C=O) groups is 1. The van der Waals surface area contributed by atoms with Crippen molar-refractivity contribution < 1.29 is 4.79 Å². The monoisotopic (exact) mass is 335 g/mol. The number of hydrogen-bond donors (Lipinski definition) is 2. The van der Waals surface area contributed by atoms with Crippen LogP contribution < -0.4 is 10.6 Å². The van der Waals surface area contributed by atoms with E-state index in [0.717, 1.165) is 30.1 Å². The summed E-state index contributed by atoms with van der Waals surface area (Å²) in [6.07, 6.45) is 4.86. The van der Waals surface area contributed by atoms with Crippen LogP contribution in [0.4, 0.5) is 0 Å². The lowest BCUT2D eigenvalue weighted by molar-refractivity contribution is -0.124. The second-order valence-electron chi connectivity index (χ2n) is 6.74. The van der Waals surface area contributed by atoms with Gasteiger partial charge in [-0.3, -0.25) is 9.69 Å². The molecule has 3 rings (SSSR count). The van der Waals surface area contributed by atoms with E-state index in [1.54, 1.807) is 0 Å². The van der Waals surface area contributed by atoms with Crippen molar-refractivity contribution in [3.63, 3.8) is 0 Å². The zero-order chi connectivity index (χ0) is 16.2. The van der Waals surface area contributed by atoms with E-state index in [-0.39, 0.29) is 11.9 Å². The first-order chi connectivity index (χ1) is 11.1. The minimum absolute atomic E-state index is 0.00436. The third kappa shape index (κ3) is 4.25. The van der Waals surface area contributed by atoms with E-state index in [0.29, 0.717) is 18.6 Å². The first-order valence-corrected chi connectivity index (χ1v) is 9.02. The highest BCUT2D eigenvalue weighted by Gasteiger charge is 2.33. The molecule has 126 valence electrons. The van der Waals surface area contributed by atoms with Crippen molar-refractivity contribution in [3.05, 3.63) is 34.9 Å². The first-order valence-electron chi connectivity index (χ1n) is 8.65. The van der Waals surface area contributed by atoms with Gasteiger partial charge in [0.2, 0.25) is 5.91 Å². The third-order valence-electron chi connectivity index (χ3n) is 5.12. The fourth-order valence-corrected chi connectivity index (χ4v) is 3.96. The van der Waals surface area contributed by atoms with Gasteiger partial charge in [-0.1, -0.05) is 30.2 Å². The standard InChI is InChI=1S/C18H26ClN3O/c1-13(14-5-7-15(19)8-6-14)21-18(23)12-22-16-3-2-4-17(22)11-20-10-9-16/h5-8,13,16-17,20H,2-4,9-12H2,1H3,(H,21,23). The molecular weight excluding hydrogens is 310 g/mol. The Morgan fingerprint density at radius 2 is 2.04 bits per heavy atom. The molecule has 0 aliphatic carbocycles. The SMILES string of the molecule is CC(NC(=O)CN1C2CCCC1CNCC2)c1ccc(Cl)cc1. The largest absolute Gasteiger partial charge is 0.348 e. The molecule has 3 unspecified atom stereocenters. The van der Waals surface area contributed by atoms with Gasteiger partial charge in [-0.05, 0) is 50.4 Å². The highest BCUT2D eigenvalue weighted by Crippen LogP contribution is 2.26. The minimum atomic E-state index is 0.00436. The van der Waals surface area contributed by atoms with Gasteiger partial charge in [-0.2, -0.15) is 0 Å². The molecule has 1 aromatic carbocycles. The molecule has 5 heteroatoms. The van der Waals surface area contributed by atoms with E-state index >= 15 is 0 Å². The molecule has 2 aliphatic rings. The molecule has 1 aromatic rings. The van der Waals surface area contributed by atoms with Gasteiger partial charge in [0.1, 0.15) is 0 Å². The molecule has 2 aliphatic heterocycles. The fourth-order valence-electron chi connectivity index (χ4n) is 3.83. The number of carbonyl (C=O) groups excluding carboxylic acids is 1. The van der Waals surface area contributed by atoms with E-state index < -0.39 is 0 Å². The number of nitrogens with one attached hydrogen (secondary N) is 2. The van der Waals surface area contributed by atoms with Crippen LogP contribution >= 0.6 is 11.6 Å². The molecule has 2 N–H and O–H groups in total. The van der Waals surface area contributed by atoms with Gasteiger partial charge in [0.15, 0.2) is 0 Å². The fraction of sp³-hybridized carbons (Fsp3) is 0.611. The van der Waals surface area contributed by atoms with Crippen LogP contribution in [0.5, 0.6) is 0 Å². The van der Waals surface area contributed by atoms with Gasteiger partial charge in [-0.15, -0.1) is 0 Å². The number of fused-ring (bicyclic) bond motifs is 2. The molecule has 0 aromatic heterocycles. The average molecular weight is 336 g/mol. The summed E-state index contributed by atoms with van der Waals surface area (Å²) < 4.78 is 0. The molecule has 0 spiro atoms. The van der Waals surface area contributed by atoms with Crippen LogP contribution in [-0.2, 0) is 4.79 Å². The maximum atomic E-state index is 12.5. The van der Waals surface area contributed by atoms with Crippen LogP contribution in [0.25, 0.3) is 0 Å². The second kappa shape index (κ2) is 7.65. The lowest BCUT2D eigenvalue weighted by atomic mass is 9.94. The van der Waals surface area contributed by atoms with Crippen molar-refractivity contribution in [2.24, 2.45) is 0 Å². The number of amides is 1. The first kappa shape index (κ1) is 16.7. The van der Waals surface area contributed by atoms with Crippen molar-refractivity contribution in [1.29, 1.82) is 0 Å². The predicted molar refractivity (Wildman–Crippen MR) is 93.6 cm³/mol. The Balaban J connectivity index is 1.58. The lowest BCUT2D eigenvalue weighted by Crippen LogP contribution is -2.51. The summed E-state index contributed by atoms with van der Waals surface area (Å²) in [5.41, 5.74) is 1.08. The van der Waals surface area contributed by atoms with Crippen LogP contribution in [0, 0.1) is 0 Å². The summed E-state index contributed by atoms with van der Waals surface area (Å²) in [4.78, 5) is 14.9. The van der Waals surface area contributed by atoms with E-state index in [9.17, 15) is 4.79 Å². The molecule has 2 fully saturated rings. The summed E-state index contributed by atoms with van der Waals surface area (Å²) >= 11 is 5.92. The molecule has 2 bridgehead atoms. The summed E-state index contributed by atoms with van der Waals surface area (Å²) in [6, 6.07) is 8.74. The summed E-state index contributed by atoms with van der Waals surface area (Å²) in [7, 11) is 0. The molecule has 0 radical (unpaired) electrons. The van der Waals surface area contributed by atoms with E-state index in [4.69, 9.17) is 11.6 Å². The van der Waals surface area contributed by atoms with E-state index in [1.165, 1.54) is 19.3 Å². The third-order valence-corrected chi connectivity index (χ3v) is 5.37. The Hall–Kier alpha value is -1.10. The molecule has 4 nitrogen and oxygen atoms in total. The van der Waals surface area contributed by atoms with Crippen LogP contribution in [0.15, 0.2) is 24.3 Å². The van der Waals surface area contributed by atoms with Crippen molar-refractivity contribution in [2.75, 3.05) is 19.6 Å². The Labute approximate surface area is 143 Å². The molecule has 2 saturated heterocycles. The highest BCUT2D eigenvalue weighted by atomic mass is 35.5. The van der Waals surface area contributed by atoms with Gasteiger partial charge in [0, 0.05) is 23.7 Å². The van der Waals surface area contributed by atoms with Crippen LogP contribution in [-0.4, -0.2) is 42.5 Å². The second-order valence-corrected chi connectivity index (χ2v) is 7.18. The van der Waals surface area contributed by atoms with Gasteiger partial charge in [-0.25, -0.2) is 0 Å². The molecule has 1 amide bonds. The maximum Gasteiger partial charge on any atom is 0.234 e. The highest BCUT2D eigenvalue weighted by molar-refractivity contribution is 6.30. The number of halogens is 1. The molecule has 3 atom stereocenters. The summed E-state index contributed by atoms with van der Waals surface area (Å²) in [5, 5.41) is 7.36. The van der Waals surface area contributed by atoms with Gasteiger partial charge in [0.25, 0.3) is 0 Å². The minimum Gasteiger partial charge on any atom is -0.348 e. The Morgan fingerprint density at radius 1 is 1.30 bits per heavy atom. The molecule has 0 saturated carbocycles. The van der Waals surface area contributed by atoms with Crippen molar-refractivity contribution in [1.82, 2.24) is 15.5 Å². The number of rotatable bonds is 4. The normalized spacial score (nSPS) is 26.3. The van der Waals surface area contributed by atoms with Gasteiger partial charge in [0.05, 0.1) is 12.6 Å². The Kier molecular flexibility index (Phi) is 5.57. The van der Waals surface area contributed by atoms with E-state index in [2.05, 4.69) is 15.5 Å².